The lowest BCUT2D eigenvalue weighted by molar-refractivity contribution is -0.379. The summed E-state index contributed by atoms with van der Waals surface area (Å²) in [6, 6.07) is -0.995. The zero-order valence-corrected chi connectivity index (χ0v) is 55.9. The van der Waals surface area contributed by atoms with Crippen molar-refractivity contribution in [2.24, 2.45) is 0 Å². The summed E-state index contributed by atoms with van der Waals surface area (Å²) >= 11 is 0. The molecule has 0 bridgehead atoms. The fourth-order valence-corrected chi connectivity index (χ4v) is 12.3. The molecule has 19 nitrogen and oxygen atoms in total. The van der Waals surface area contributed by atoms with Crippen LogP contribution in [-0.4, -0.2) is 193 Å². The molecule has 0 radical (unpaired) electrons. The van der Waals surface area contributed by atoms with Crippen LogP contribution in [0.2, 0.25) is 0 Å². The van der Waals surface area contributed by atoms with Crippen LogP contribution in [0.1, 0.15) is 277 Å². The third-order valence-electron chi connectivity index (χ3n) is 18.2. The minimum absolute atomic E-state index is 0.236. The molecule has 3 heterocycles. The molecule has 0 aromatic carbocycles. The summed E-state index contributed by atoms with van der Waals surface area (Å²) in [6.45, 7) is 1.74. The summed E-state index contributed by atoms with van der Waals surface area (Å²) in [6.07, 6.45) is 35.5. The van der Waals surface area contributed by atoms with Crippen molar-refractivity contribution in [2.45, 2.75) is 381 Å². The van der Waals surface area contributed by atoms with Gasteiger partial charge in [-0.05, 0) is 44.9 Å². The van der Waals surface area contributed by atoms with Crippen molar-refractivity contribution in [2.75, 3.05) is 26.4 Å². The van der Waals surface area contributed by atoms with Crippen LogP contribution in [0.5, 0.6) is 0 Å². The molecule has 3 fully saturated rings. The van der Waals surface area contributed by atoms with Crippen molar-refractivity contribution in [1.82, 2.24) is 5.32 Å². The van der Waals surface area contributed by atoms with Gasteiger partial charge in [0.15, 0.2) is 18.9 Å². The monoisotopic (exact) mass is 1290 g/mol. The van der Waals surface area contributed by atoms with E-state index in [2.05, 4.69) is 43.5 Å². The Morgan fingerprint density at radius 3 is 1.11 bits per heavy atom. The van der Waals surface area contributed by atoms with Crippen LogP contribution in [0, 0.1) is 0 Å². The molecule has 3 aliphatic heterocycles. The smallest absolute Gasteiger partial charge is 0.220 e. The van der Waals surface area contributed by atoms with E-state index in [-0.39, 0.29) is 18.9 Å². The molecule has 0 aromatic heterocycles. The van der Waals surface area contributed by atoms with Crippen LogP contribution in [0.15, 0.2) is 36.5 Å². The van der Waals surface area contributed by atoms with Crippen LogP contribution < -0.4 is 5.32 Å². The van der Waals surface area contributed by atoms with E-state index in [4.69, 9.17) is 28.4 Å². The summed E-state index contributed by atoms with van der Waals surface area (Å²) in [5.74, 6) is -0.285. The Hall–Kier alpha value is -1.99. The van der Waals surface area contributed by atoms with Gasteiger partial charge in [-0.2, -0.15) is 0 Å². The van der Waals surface area contributed by atoms with Gasteiger partial charge in [0, 0.05) is 6.42 Å². The van der Waals surface area contributed by atoms with Gasteiger partial charge in [-0.25, -0.2) is 0 Å². The van der Waals surface area contributed by atoms with E-state index in [1.54, 1.807) is 6.08 Å². The maximum Gasteiger partial charge on any atom is 0.220 e. The molecular formula is C71H131NO18. The van der Waals surface area contributed by atoms with Gasteiger partial charge in [0.25, 0.3) is 0 Å². The number of amides is 1. The maximum atomic E-state index is 13.4. The lowest BCUT2D eigenvalue weighted by Crippen LogP contribution is -2.66. The summed E-state index contributed by atoms with van der Waals surface area (Å²) in [5.41, 5.74) is 0. The molecule has 17 unspecified atom stereocenters. The predicted octanol–water partition coefficient (Wildman–Crippen LogP) is 10.00. The molecule has 17 atom stereocenters. The van der Waals surface area contributed by atoms with Gasteiger partial charge in [0.1, 0.15) is 73.2 Å². The molecular weight excluding hydrogens is 1150 g/mol. The third kappa shape index (κ3) is 34.6. The average Bonchev–Trinajstić information content (AvgIpc) is 1.16. The minimum Gasteiger partial charge on any atom is -0.394 e. The third-order valence-corrected chi connectivity index (χ3v) is 18.2. The largest absolute Gasteiger partial charge is 0.394 e. The highest BCUT2D eigenvalue weighted by atomic mass is 16.8. The Labute approximate surface area is 542 Å². The van der Waals surface area contributed by atoms with E-state index in [0.717, 1.165) is 44.9 Å². The Bertz CT molecular complexity index is 1780. The molecule has 528 valence electrons. The molecule has 90 heavy (non-hydrogen) atoms. The van der Waals surface area contributed by atoms with Crippen LogP contribution in [0.3, 0.4) is 0 Å². The zero-order valence-electron chi connectivity index (χ0n) is 55.9. The Kier molecular flexibility index (Phi) is 48.6. The number of hydrogen-bond acceptors (Lipinski definition) is 18. The first-order valence-electron chi connectivity index (χ1n) is 36.2. The molecule has 3 rings (SSSR count). The van der Waals surface area contributed by atoms with Crippen LogP contribution in [-0.2, 0) is 33.2 Å². The van der Waals surface area contributed by atoms with Gasteiger partial charge < -0.3 is 89.9 Å². The first-order chi connectivity index (χ1) is 43.8. The summed E-state index contributed by atoms with van der Waals surface area (Å²) in [4.78, 5) is 13.4. The Morgan fingerprint density at radius 2 is 0.711 bits per heavy atom. The van der Waals surface area contributed by atoms with Crippen molar-refractivity contribution in [3.63, 3.8) is 0 Å². The molecule has 1 amide bonds. The van der Waals surface area contributed by atoms with Crippen molar-refractivity contribution < 1.29 is 89.4 Å². The van der Waals surface area contributed by atoms with Gasteiger partial charge >= 0.3 is 0 Å². The number of aliphatic hydroxyl groups excluding tert-OH is 11. The van der Waals surface area contributed by atoms with Crippen molar-refractivity contribution in [3.05, 3.63) is 36.5 Å². The van der Waals surface area contributed by atoms with Gasteiger partial charge in [-0.15, -0.1) is 0 Å². The number of rotatable bonds is 56. The van der Waals surface area contributed by atoms with Gasteiger partial charge in [-0.1, -0.05) is 262 Å². The van der Waals surface area contributed by atoms with Crippen molar-refractivity contribution in [3.8, 4) is 0 Å². The first-order valence-corrected chi connectivity index (χ1v) is 36.2. The molecule has 19 heteroatoms. The van der Waals surface area contributed by atoms with Gasteiger partial charge in [-0.3, -0.25) is 4.79 Å². The molecule has 0 saturated carbocycles. The standard InChI is InChI=1S/C71H131NO18/c1-3-5-7-9-11-13-15-17-19-21-23-25-26-27-28-29-30-32-34-36-38-40-42-44-46-48-55(76)54(72-59(77)49-47-45-43-41-39-37-35-33-31-24-22-20-18-16-14-12-10-8-6-4-2)53-85-69-65(83)62(80)67(57(51-74)87-69)90-71-66(84)63(81)68(58(52-75)88-71)89-70-64(82)61(79)60(78)56(50-73)86-70/h30,32,38,40,46,48,54-58,60-71,73-76,78-84H,3-29,31,33-37,39,41-45,47,49-53H2,1-2H3,(H,72,77)/b32-30+,40-38+,48-46+. The average molecular weight is 1290 g/mol. The number of carbonyl (C=O) groups excluding carboxylic acids is 1. The van der Waals surface area contributed by atoms with E-state index in [1.807, 2.05) is 6.08 Å². The predicted molar refractivity (Wildman–Crippen MR) is 351 cm³/mol. The van der Waals surface area contributed by atoms with Gasteiger partial charge in [0.2, 0.25) is 5.91 Å². The van der Waals surface area contributed by atoms with Crippen molar-refractivity contribution >= 4 is 5.91 Å². The maximum absolute atomic E-state index is 13.4. The molecule has 0 aliphatic carbocycles. The quantitative estimate of drug-likeness (QED) is 0.0199. The van der Waals surface area contributed by atoms with E-state index in [1.165, 1.54) is 199 Å². The molecule has 12 N–H and O–H groups in total. The Morgan fingerprint density at radius 1 is 0.389 bits per heavy atom. The lowest BCUT2D eigenvalue weighted by Gasteiger charge is -2.48. The second kappa shape index (κ2) is 53.2. The summed E-state index contributed by atoms with van der Waals surface area (Å²) in [5, 5.41) is 121. The van der Waals surface area contributed by atoms with Crippen molar-refractivity contribution in [1.29, 1.82) is 0 Å². The van der Waals surface area contributed by atoms with Crippen LogP contribution in [0.4, 0.5) is 0 Å². The number of aliphatic hydroxyl groups is 11. The van der Waals surface area contributed by atoms with Crippen LogP contribution >= 0.6 is 0 Å². The normalized spacial score (nSPS) is 28.2. The second-order valence-electron chi connectivity index (χ2n) is 26.0. The molecule has 0 spiro atoms. The number of carbonyl (C=O) groups is 1. The van der Waals surface area contributed by atoms with E-state index < -0.39 is 124 Å². The van der Waals surface area contributed by atoms with E-state index in [9.17, 15) is 61.0 Å². The highest BCUT2D eigenvalue weighted by Gasteiger charge is 2.53. The first kappa shape index (κ1) is 82.2. The fraction of sp³-hybridized carbons (Fsp3) is 0.901. The number of hydrogen-bond donors (Lipinski definition) is 12. The van der Waals surface area contributed by atoms with Gasteiger partial charge in [0.05, 0.1) is 38.6 Å². The highest BCUT2D eigenvalue weighted by Crippen LogP contribution is 2.33. The zero-order chi connectivity index (χ0) is 65.4. The topological polar surface area (TPSA) is 307 Å². The molecule has 3 saturated heterocycles. The summed E-state index contributed by atoms with van der Waals surface area (Å²) in [7, 11) is 0. The van der Waals surface area contributed by atoms with Crippen LogP contribution in [0.25, 0.3) is 0 Å². The molecule has 3 aliphatic rings. The Balaban J connectivity index is 1.45. The summed E-state index contributed by atoms with van der Waals surface area (Å²) < 4.78 is 34.4. The second-order valence-corrected chi connectivity index (χ2v) is 26.0. The van der Waals surface area contributed by atoms with E-state index >= 15 is 0 Å². The molecule has 0 aromatic rings. The number of allylic oxidation sites excluding steroid dienone is 5. The number of ether oxygens (including phenoxy) is 6. The number of nitrogens with one attached hydrogen (secondary N) is 1. The van der Waals surface area contributed by atoms with E-state index in [0.29, 0.717) is 12.8 Å². The SMILES string of the molecule is CCCCCCCCCCCCCCCCC/C=C/CC/C=C/CC/C=C/C(O)C(COC1OC(CO)C(OC2OC(CO)C(OC3OC(CO)C(O)C(O)C3O)C(O)C2O)C(O)C1O)NC(=O)CCCCCCCCCCCCCCCCCCCCCC. The fourth-order valence-electron chi connectivity index (χ4n) is 12.3. The minimum atomic E-state index is -1.98. The lowest BCUT2D eigenvalue weighted by atomic mass is 9.96. The highest BCUT2D eigenvalue weighted by molar-refractivity contribution is 5.76. The number of unbranched alkanes of at least 4 members (excludes halogenated alkanes) is 36.